The van der Waals surface area contributed by atoms with E-state index in [1.165, 1.54) is 12.0 Å². The standard InChI is InChI=1S/C15H23NO/c17-15(10-12-16-13-11-15)9-5-4-8-14-6-2-1-3-7-14/h1-3,6-7,16-17H,4-5,8-13H2. The van der Waals surface area contributed by atoms with Crippen LogP contribution in [0.1, 0.15) is 37.7 Å². The van der Waals surface area contributed by atoms with Gasteiger partial charge in [0.1, 0.15) is 0 Å². The van der Waals surface area contributed by atoms with Crippen LogP contribution in [0.4, 0.5) is 0 Å². The van der Waals surface area contributed by atoms with Gasteiger partial charge in [-0.2, -0.15) is 0 Å². The van der Waals surface area contributed by atoms with Crippen molar-refractivity contribution < 1.29 is 5.11 Å². The van der Waals surface area contributed by atoms with E-state index in [0.29, 0.717) is 0 Å². The maximum absolute atomic E-state index is 10.3. The Kier molecular flexibility index (Phi) is 4.57. The van der Waals surface area contributed by atoms with Gasteiger partial charge in [-0.3, -0.25) is 0 Å². The summed E-state index contributed by atoms with van der Waals surface area (Å²) in [5, 5.41) is 13.6. The summed E-state index contributed by atoms with van der Waals surface area (Å²) < 4.78 is 0. The molecule has 0 aromatic heterocycles. The Bertz CT molecular complexity index is 317. The Morgan fingerprint density at radius 1 is 1.06 bits per heavy atom. The van der Waals surface area contributed by atoms with Gasteiger partial charge >= 0.3 is 0 Å². The summed E-state index contributed by atoms with van der Waals surface area (Å²) in [6, 6.07) is 10.6. The molecule has 1 aliphatic rings. The molecule has 1 aliphatic heterocycles. The van der Waals surface area contributed by atoms with Crippen LogP contribution in [0.25, 0.3) is 0 Å². The zero-order valence-corrected chi connectivity index (χ0v) is 10.5. The van der Waals surface area contributed by atoms with Crippen molar-refractivity contribution in [3.8, 4) is 0 Å². The number of aryl methyl sites for hydroxylation is 1. The first kappa shape index (κ1) is 12.6. The van der Waals surface area contributed by atoms with E-state index >= 15 is 0 Å². The van der Waals surface area contributed by atoms with Gasteiger partial charge in [0, 0.05) is 0 Å². The van der Waals surface area contributed by atoms with Crippen molar-refractivity contribution in [3.05, 3.63) is 35.9 Å². The Labute approximate surface area is 104 Å². The average molecular weight is 233 g/mol. The summed E-state index contributed by atoms with van der Waals surface area (Å²) in [6.07, 6.45) is 6.23. The lowest BCUT2D eigenvalue weighted by Gasteiger charge is -2.32. The number of aliphatic hydroxyl groups is 1. The molecule has 94 valence electrons. The molecule has 0 unspecified atom stereocenters. The molecule has 1 aromatic rings. The molecule has 2 rings (SSSR count). The number of unbranched alkanes of at least 4 members (excludes halogenated alkanes) is 1. The molecule has 1 heterocycles. The SMILES string of the molecule is OC1(CCCCc2ccccc2)CCNCC1. The predicted molar refractivity (Wildman–Crippen MR) is 71.1 cm³/mol. The van der Waals surface area contributed by atoms with Crippen LogP contribution < -0.4 is 5.32 Å². The smallest absolute Gasteiger partial charge is 0.0672 e. The fraction of sp³-hybridized carbons (Fsp3) is 0.600. The minimum Gasteiger partial charge on any atom is -0.390 e. The monoisotopic (exact) mass is 233 g/mol. The van der Waals surface area contributed by atoms with Gasteiger partial charge in [0.05, 0.1) is 5.60 Å². The molecule has 0 spiro atoms. The number of rotatable bonds is 5. The Morgan fingerprint density at radius 2 is 1.76 bits per heavy atom. The third-order valence-corrected chi connectivity index (χ3v) is 3.73. The summed E-state index contributed by atoms with van der Waals surface area (Å²) in [5.41, 5.74) is 1.02. The second-order valence-corrected chi connectivity index (χ2v) is 5.17. The van der Waals surface area contributed by atoms with Crippen LogP contribution in [-0.2, 0) is 6.42 Å². The van der Waals surface area contributed by atoms with Crippen LogP contribution in [0.3, 0.4) is 0 Å². The van der Waals surface area contributed by atoms with E-state index in [1.807, 2.05) is 0 Å². The molecule has 1 saturated heterocycles. The topological polar surface area (TPSA) is 32.3 Å². The molecule has 1 fully saturated rings. The van der Waals surface area contributed by atoms with Crippen molar-refractivity contribution >= 4 is 0 Å². The number of hydrogen-bond donors (Lipinski definition) is 2. The van der Waals surface area contributed by atoms with E-state index < -0.39 is 0 Å². The third-order valence-electron chi connectivity index (χ3n) is 3.73. The number of hydrogen-bond acceptors (Lipinski definition) is 2. The van der Waals surface area contributed by atoms with Gasteiger partial charge in [0.2, 0.25) is 0 Å². The lowest BCUT2D eigenvalue weighted by molar-refractivity contribution is 0.000438. The lowest BCUT2D eigenvalue weighted by atomic mass is 9.87. The van der Waals surface area contributed by atoms with Crippen molar-refractivity contribution in [2.24, 2.45) is 0 Å². The second-order valence-electron chi connectivity index (χ2n) is 5.17. The van der Waals surface area contributed by atoms with Gasteiger partial charge in [-0.15, -0.1) is 0 Å². The van der Waals surface area contributed by atoms with Crippen LogP contribution in [0.2, 0.25) is 0 Å². The van der Waals surface area contributed by atoms with Crippen molar-refractivity contribution in [2.75, 3.05) is 13.1 Å². The minimum absolute atomic E-state index is 0.387. The molecule has 2 nitrogen and oxygen atoms in total. The first-order valence-corrected chi connectivity index (χ1v) is 6.76. The molecule has 1 aromatic carbocycles. The number of piperidine rings is 1. The van der Waals surface area contributed by atoms with Crippen molar-refractivity contribution in [2.45, 2.75) is 44.1 Å². The van der Waals surface area contributed by atoms with Gasteiger partial charge in [0.15, 0.2) is 0 Å². The fourth-order valence-electron chi connectivity index (χ4n) is 2.57. The highest BCUT2D eigenvalue weighted by atomic mass is 16.3. The second kappa shape index (κ2) is 6.18. The Morgan fingerprint density at radius 3 is 2.47 bits per heavy atom. The van der Waals surface area contributed by atoms with Crippen LogP contribution in [0.5, 0.6) is 0 Å². The van der Waals surface area contributed by atoms with E-state index in [-0.39, 0.29) is 5.60 Å². The molecule has 0 atom stereocenters. The Hall–Kier alpha value is -0.860. The zero-order valence-electron chi connectivity index (χ0n) is 10.5. The van der Waals surface area contributed by atoms with Crippen LogP contribution in [0, 0.1) is 0 Å². The molecule has 0 aliphatic carbocycles. The van der Waals surface area contributed by atoms with Crippen LogP contribution >= 0.6 is 0 Å². The molecule has 2 heteroatoms. The van der Waals surface area contributed by atoms with Crippen molar-refractivity contribution in [1.82, 2.24) is 5.32 Å². The summed E-state index contributed by atoms with van der Waals surface area (Å²) in [7, 11) is 0. The van der Waals surface area contributed by atoms with Crippen LogP contribution in [0.15, 0.2) is 30.3 Å². The third kappa shape index (κ3) is 4.14. The molecular weight excluding hydrogens is 210 g/mol. The highest BCUT2D eigenvalue weighted by Crippen LogP contribution is 2.24. The zero-order chi connectivity index (χ0) is 12.0. The summed E-state index contributed by atoms with van der Waals surface area (Å²) >= 11 is 0. The van der Waals surface area contributed by atoms with Gasteiger partial charge in [-0.1, -0.05) is 36.8 Å². The first-order chi connectivity index (χ1) is 8.29. The number of benzene rings is 1. The predicted octanol–water partition coefficient (Wildman–Crippen LogP) is 2.51. The maximum atomic E-state index is 10.3. The molecule has 0 amide bonds. The normalized spacial score (nSPS) is 19.1. The van der Waals surface area contributed by atoms with E-state index in [1.54, 1.807) is 0 Å². The quantitative estimate of drug-likeness (QED) is 0.766. The molecular formula is C15H23NO. The van der Waals surface area contributed by atoms with Gasteiger partial charge in [-0.25, -0.2) is 0 Å². The van der Waals surface area contributed by atoms with Crippen molar-refractivity contribution in [1.29, 1.82) is 0 Å². The molecule has 0 bridgehead atoms. The summed E-state index contributed by atoms with van der Waals surface area (Å²) in [4.78, 5) is 0. The van der Waals surface area contributed by atoms with E-state index in [9.17, 15) is 5.11 Å². The summed E-state index contributed by atoms with van der Waals surface area (Å²) in [5.74, 6) is 0. The van der Waals surface area contributed by atoms with Gasteiger partial charge < -0.3 is 10.4 Å². The molecule has 0 saturated carbocycles. The summed E-state index contributed by atoms with van der Waals surface area (Å²) in [6.45, 7) is 1.93. The molecule has 2 N–H and O–H groups in total. The highest BCUT2D eigenvalue weighted by molar-refractivity contribution is 5.14. The lowest BCUT2D eigenvalue weighted by Crippen LogP contribution is -2.41. The maximum Gasteiger partial charge on any atom is 0.0672 e. The minimum atomic E-state index is -0.387. The van der Waals surface area contributed by atoms with E-state index in [4.69, 9.17) is 0 Å². The highest BCUT2D eigenvalue weighted by Gasteiger charge is 2.27. The molecule has 0 radical (unpaired) electrons. The Balaban J connectivity index is 1.66. The first-order valence-electron chi connectivity index (χ1n) is 6.76. The average Bonchev–Trinajstić information content (AvgIpc) is 2.37. The van der Waals surface area contributed by atoms with Crippen LogP contribution in [-0.4, -0.2) is 23.8 Å². The van der Waals surface area contributed by atoms with Crippen molar-refractivity contribution in [3.63, 3.8) is 0 Å². The molecule has 17 heavy (non-hydrogen) atoms. The van der Waals surface area contributed by atoms with E-state index in [2.05, 4.69) is 35.6 Å². The van der Waals surface area contributed by atoms with Gasteiger partial charge in [-0.05, 0) is 50.8 Å². The fourth-order valence-corrected chi connectivity index (χ4v) is 2.57. The van der Waals surface area contributed by atoms with Gasteiger partial charge in [0.25, 0.3) is 0 Å². The van der Waals surface area contributed by atoms with E-state index in [0.717, 1.165) is 45.2 Å². The largest absolute Gasteiger partial charge is 0.390 e. The number of nitrogens with one attached hydrogen (secondary N) is 1.